The van der Waals surface area contributed by atoms with Gasteiger partial charge in [-0.05, 0) is 60.9 Å². The quantitative estimate of drug-likeness (QED) is 0.897. The van der Waals surface area contributed by atoms with E-state index < -0.39 is 0 Å². The zero-order valence-corrected chi connectivity index (χ0v) is 13.0. The van der Waals surface area contributed by atoms with Crippen LogP contribution in [0.1, 0.15) is 50.5 Å². The van der Waals surface area contributed by atoms with Crippen molar-refractivity contribution in [2.24, 2.45) is 17.6 Å². The first-order chi connectivity index (χ1) is 10.3. The van der Waals surface area contributed by atoms with E-state index in [0.29, 0.717) is 11.8 Å². The summed E-state index contributed by atoms with van der Waals surface area (Å²) in [7, 11) is 0. The number of rotatable bonds is 4. The smallest absolute Gasteiger partial charge is 0.0702 e. The van der Waals surface area contributed by atoms with Crippen molar-refractivity contribution in [2.45, 2.75) is 44.9 Å². The van der Waals surface area contributed by atoms with E-state index in [1.807, 2.05) is 12.3 Å². The lowest BCUT2D eigenvalue weighted by Gasteiger charge is -2.36. The van der Waals surface area contributed by atoms with Crippen LogP contribution in [0.5, 0.6) is 0 Å². The lowest BCUT2D eigenvalue weighted by molar-refractivity contribution is 0.230. The molecule has 3 rings (SSSR count). The largest absolute Gasteiger partial charge is 0.330 e. The van der Waals surface area contributed by atoms with Gasteiger partial charge in [-0.25, -0.2) is 0 Å². The summed E-state index contributed by atoms with van der Waals surface area (Å²) in [6, 6.07) is 11.0. The monoisotopic (exact) mass is 282 g/mol. The molecule has 0 aliphatic heterocycles. The van der Waals surface area contributed by atoms with Gasteiger partial charge >= 0.3 is 0 Å². The molecule has 2 aromatic rings. The van der Waals surface area contributed by atoms with Crippen LogP contribution < -0.4 is 5.73 Å². The van der Waals surface area contributed by atoms with Crippen LogP contribution >= 0.6 is 0 Å². The van der Waals surface area contributed by atoms with E-state index in [2.05, 4.69) is 36.2 Å². The summed E-state index contributed by atoms with van der Waals surface area (Å²) in [5, 5.41) is 1.25. The van der Waals surface area contributed by atoms with E-state index in [4.69, 9.17) is 5.73 Å². The molecule has 0 spiro atoms. The highest BCUT2D eigenvalue weighted by Crippen LogP contribution is 2.42. The van der Waals surface area contributed by atoms with Gasteiger partial charge in [0.15, 0.2) is 0 Å². The van der Waals surface area contributed by atoms with Crippen molar-refractivity contribution in [1.29, 1.82) is 0 Å². The molecule has 1 saturated carbocycles. The first-order valence-electron chi connectivity index (χ1n) is 8.36. The van der Waals surface area contributed by atoms with Gasteiger partial charge in [0.1, 0.15) is 0 Å². The molecule has 1 aromatic heterocycles. The second-order valence-corrected chi connectivity index (χ2v) is 6.53. The molecule has 3 atom stereocenters. The number of hydrogen-bond donors (Lipinski definition) is 1. The standard InChI is InChI=1S/C19H26N2/c1-2-4-14-6-7-17(13-20)18(11-14)15-8-9-19-16(12-15)5-3-10-21-19/h3,5,8-10,12,14,17-18H,2,4,6-7,11,13,20H2,1H3. The van der Waals surface area contributed by atoms with Crippen LogP contribution in [-0.4, -0.2) is 11.5 Å². The average Bonchev–Trinajstić information content (AvgIpc) is 2.54. The molecule has 1 fully saturated rings. The lowest BCUT2D eigenvalue weighted by Crippen LogP contribution is -2.29. The van der Waals surface area contributed by atoms with Gasteiger partial charge in [-0.15, -0.1) is 0 Å². The summed E-state index contributed by atoms with van der Waals surface area (Å²) in [6.45, 7) is 3.11. The minimum Gasteiger partial charge on any atom is -0.330 e. The zero-order valence-electron chi connectivity index (χ0n) is 13.0. The predicted octanol–water partition coefficient (Wildman–Crippen LogP) is 4.49. The number of aromatic nitrogens is 1. The van der Waals surface area contributed by atoms with Crippen molar-refractivity contribution in [3.05, 3.63) is 42.1 Å². The third kappa shape index (κ3) is 3.11. The Labute approximate surface area is 127 Å². The first kappa shape index (κ1) is 14.5. The van der Waals surface area contributed by atoms with Gasteiger partial charge in [-0.3, -0.25) is 4.98 Å². The fourth-order valence-electron chi connectivity index (χ4n) is 4.01. The van der Waals surface area contributed by atoms with E-state index in [1.54, 1.807) is 0 Å². The molecule has 2 heteroatoms. The number of pyridine rings is 1. The van der Waals surface area contributed by atoms with Crippen molar-refractivity contribution in [3.63, 3.8) is 0 Å². The Morgan fingerprint density at radius 1 is 1.24 bits per heavy atom. The number of hydrogen-bond acceptors (Lipinski definition) is 2. The summed E-state index contributed by atoms with van der Waals surface area (Å²) in [6.07, 6.45) is 8.48. The normalized spacial score (nSPS) is 26.1. The minimum absolute atomic E-state index is 0.630. The van der Waals surface area contributed by atoms with Crippen molar-refractivity contribution in [3.8, 4) is 0 Å². The second kappa shape index (κ2) is 6.57. The predicted molar refractivity (Wildman–Crippen MR) is 89.3 cm³/mol. The van der Waals surface area contributed by atoms with Crippen molar-refractivity contribution in [2.75, 3.05) is 6.54 Å². The molecule has 2 nitrogen and oxygen atoms in total. The number of fused-ring (bicyclic) bond motifs is 1. The molecular formula is C19H26N2. The minimum atomic E-state index is 0.630. The van der Waals surface area contributed by atoms with Gasteiger partial charge in [0.2, 0.25) is 0 Å². The summed E-state index contributed by atoms with van der Waals surface area (Å²) < 4.78 is 0. The Hall–Kier alpha value is -1.41. The van der Waals surface area contributed by atoms with Gasteiger partial charge in [-0.2, -0.15) is 0 Å². The van der Waals surface area contributed by atoms with Crippen LogP contribution in [0.15, 0.2) is 36.5 Å². The van der Waals surface area contributed by atoms with Gasteiger partial charge < -0.3 is 5.73 Å². The van der Waals surface area contributed by atoms with E-state index in [1.165, 1.54) is 43.1 Å². The molecule has 1 aliphatic carbocycles. The molecule has 112 valence electrons. The van der Waals surface area contributed by atoms with Gasteiger partial charge in [0.25, 0.3) is 0 Å². The van der Waals surface area contributed by atoms with E-state index in [-0.39, 0.29) is 0 Å². The molecule has 1 aliphatic rings. The summed E-state index contributed by atoms with van der Waals surface area (Å²) in [4.78, 5) is 4.43. The Kier molecular flexibility index (Phi) is 4.54. The van der Waals surface area contributed by atoms with Gasteiger partial charge in [0.05, 0.1) is 5.52 Å². The highest BCUT2D eigenvalue weighted by molar-refractivity contribution is 5.79. The molecule has 0 saturated heterocycles. The average molecular weight is 282 g/mol. The lowest BCUT2D eigenvalue weighted by atomic mass is 9.70. The maximum Gasteiger partial charge on any atom is 0.0702 e. The van der Waals surface area contributed by atoms with E-state index >= 15 is 0 Å². The molecule has 3 unspecified atom stereocenters. The molecule has 0 bridgehead atoms. The van der Waals surface area contributed by atoms with Crippen molar-refractivity contribution in [1.82, 2.24) is 4.98 Å². The summed E-state index contributed by atoms with van der Waals surface area (Å²) >= 11 is 0. The number of benzene rings is 1. The number of nitrogens with two attached hydrogens (primary N) is 1. The van der Waals surface area contributed by atoms with Crippen LogP contribution in [0.25, 0.3) is 10.9 Å². The van der Waals surface area contributed by atoms with E-state index in [0.717, 1.165) is 18.0 Å². The molecule has 21 heavy (non-hydrogen) atoms. The molecule has 0 amide bonds. The molecule has 1 heterocycles. The fourth-order valence-corrected chi connectivity index (χ4v) is 4.01. The third-order valence-corrected chi connectivity index (χ3v) is 5.16. The second-order valence-electron chi connectivity index (χ2n) is 6.53. The Morgan fingerprint density at radius 2 is 2.14 bits per heavy atom. The van der Waals surface area contributed by atoms with Crippen molar-refractivity contribution < 1.29 is 0 Å². The third-order valence-electron chi connectivity index (χ3n) is 5.16. The van der Waals surface area contributed by atoms with Crippen LogP contribution in [-0.2, 0) is 0 Å². The highest BCUT2D eigenvalue weighted by atomic mass is 14.6. The van der Waals surface area contributed by atoms with E-state index in [9.17, 15) is 0 Å². The van der Waals surface area contributed by atoms with Crippen LogP contribution in [0.3, 0.4) is 0 Å². The van der Waals surface area contributed by atoms with Crippen LogP contribution in [0.2, 0.25) is 0 Å². The van der Waals surface area contributed by atoms with Gasteiger partial charge in [0, 0.05) is 11.6 Å². The first-order valence-corrected chi connectivity index (χ1v) is 8.36. The molecule has 1 aromatic carbocycles. The highest BCUT2D eigenvalue weighted by Gasteiger charge is 2.30. The zero-order chi connectivity index (χ0) is 14.7. The number of nitrogens with zero attached hydrogens (tertiary/aromatic N) is 1. The molecule has 0 radical (unpaired) electrons. The van der Waals surface area contributed by atoms with Crippen LogP contribution in [0, 0.1) is 11.8 Å². The summed E-state index contributed by atoms with van der Waals surface area (Å²) in [5.41, 5.74) is 8.60. The maximum atomic E-state index is 6.05. The Bertz CT molecular complexity index is 593. The topological polar surface area (TPSA) is 38.9 Å². The molecular weight excluding hydrogens is 256 g/mol. The van der Waals surface area contributed by atoms with Crippen LogP contribution in [0.4, 0.5) is 0 Å². The maximum absolute atomic E-state index is 6.05. The van der Waals surface area contributed by atoms with Crippen molar-refractivity contribution >= 4 is 10.9 Å². The fraction of sp³-hybridized carbons (Fsp3) is 0.526. The summed E-state index contributed by atoms with van der Waals surface area (Å²) in [5.74, 6) is 2.16. The van der Waals surface area contributed by atoms with Gasteiger partial charge in [-0.1, -0.05) is 38.3 Å². The SMILES string of the molecule is CCCC1CCC(CN)C(c2ccc3ncccc3c2)C1. The molecule has 2 N–H and O–H groups in total. The Balaban J connectivity index is 1.89. The Morgan fingerprint density at radius 3 is 2.95 bits per heavy atom.